The lowest BCUT2D eigenvalue weighted by atomic mass is 9.48. The van der Waals surface area contributed by atoms with Crippen molar-refractivity contribution < 1.29 is 5.11 Å². The Labute approximate surface area is 142 Å². The van der Waals surface area contributed by atoms with E-state index in [-0.39, 0.29) is 6.10 Å². The minimum absolute atomic E-state index is 0.0798. The van der Waals surface area contributed by atoms with Gasteiger partial charge in [-0.1, -0.05) is 31.6 Å². The van der Waals surface area contributed by atoms with Crippen LogP contribution < -0.4 is 0 Å². The smallest absolute Gasteiger partial charge is 0.0577 e. The van der Waals surface area contributed by atoms with Crippen LogP contribution in [0.1, 0.15) is 58.8 Å². The summed E-state index contributed by atoms with van der Waals surface area (Å²) in [6.07, 6.45) is 13.4. The van der Waals surface area contributed by atoms with E-state index in [0.717, 1.165) is 30.6 Å². The van der Waals surface area contributed by atoms with Gasteiger partial charge in [0.25, 0.3) is 0 Å². The van der Waals surface area contributed by atoms with Crippen molar-refractivity contribution >= 4 is 22.6 Å². The summed E-state index contributed by atoms with van der Waals surface area (Å²) in [7, 11) is 0. The van der Waals surface area contributed by atoms with Crippen LogP contribution in [-0.4, -0.2) is 11.2 Å². The molecule has 1 nitrogen and oxygen atoms in total. The Kier molecular flexibility index (Phi) is 3.39. The van der Waals surface area contributed by atoms with Gasteiger partial charge in [0, 0.05) is 5.41 Å². The third-order valence-corrected chi connectivity index (χ3v) is 9.24. The van der Waals surface area contributed by atoms with E-state index in [0.29, 0.717) is 10.8 Å². The molecule has 0 aliphatic heterocycles. The van der Waals surface area contributed by atoms with Gasteiger partial charge in [-0.2, -0.15) is 0 Å². The van der Waals surface area contributed by atoms with E-state index < -0.39 is 0 Å². The average molecular weight is 398 g/mol. The van der Waals surface area contributed by atoms with Gasteiger partial charge in [0.05, 0.1) is 6.10 Å². The largest absolute Gasteiger partial charge is 0.393 e. The van der Waals surface area contributed by atoms with E-state index in [4.69, 9.17) is 0 Å². The monoisotopic (exact) mass is 398 g/mol. The third kappa shape index (κ3) is 1.97. The molecule has 0 bridgehead atoms. The highest BCUT2D eigenvalue weighted by Gasteiger charge is 2.56. The van der Waals surface area contributed by atoms with Crippen molar-refractivity contribution in [3.8, 4) is 0 Å². The first-order valence-electron chi connectivity index (χ1n) is 8.69. The zero-order chi connectivity index (χ0) is 14.8. The first-order valence-corrected chi connectivity index (χ1v) is 9.77. The normalized spacial score (nSPS) is 52.4. The topological polar surface area (TPSA) is 20.2 Å². The van der Waals surface area contributed by atoms with Crippen LogP contribution in [0.15, 0.2) is 21.3 Å². The lowest BCUT2D eigenvalue weighted by molar-refractivity contribution is -0.0268. The summed E-state index contributed by atoms with van der Waals surface area (Å²) in [5.41, 5.74) is 2.45. The fourth-order valence-corrected chi connectivity index (χ4v) is 7.08. The van der Waals surface area contributed by atoms with Gasteiger partial charge in [-0.25, -0.2) is 0 Å². The van der Waals surface area contributed by atoms with Crippen molar-refractivity contribution in [2.75, 3.05) is 0 Å². The maximum Gasteiger partial charge on any atom is 0.0577 e. The van der Waals surface area contributed by atoms with Gasteiger partial charge in [-0.15, -0.1) is 0 Å². The zero-order valence-electron chi connectivity index (χ0n) is 13.2. The number of halogens is 1. The van der Waals surface area contributed by atoms with Gasteiger partial charge < -0.3 is 5.11 Å². The average Bonchev–Trinajstić information content (AvgIpc) is 2.76. The summed E-state index contributed by atoms with van der Waals surface area (Å²) < 4.78 is 1.63. The molecule has 2 saturated carbocycles. The molecule has 0 spiro atoms. The maximum absolute atomic E-state index is 10.0. The van der Waals surface area contributed by atoms with Gasteiger partial charge in [0.15, 0.2) is 0 Å². The molecule has 0 amide bonds. The van der Waals surface area contributed by atoms with Gasteiger partial charge in [-0.05, 0) is 94.3 Å². The molecule has 21 heavy (non-hydrogen) atoms. The third-order valence-electron chi connectivity index (χ3n) is 7.56. The van der Waals surface area contributed by atoms with E-state index in [2.05, 4.69) is 48.6 Å². The van der Waals surface area contributed by atoms with Crippen LogP contribution in [0.2, 0.25) is 0 Å². The predicted molar refractivity (Wildman–Crippen MR) is 95.2 cm³/mol. The first kappa shape index (κ1) is 14.7. The molecule has 0 aromatic heterocycles. The summed E-state index contributed by atoms with van der Waals surface area (Å²) >= 11 is 2.60. The molecular weight excluding hydrogens is 371 g/mol. The molecule has 6 atom stereocenters. The molecule has 1 unspecified atom stereocenters. The highest BCUT2D eigenvalue weighted by atomic mass is 127. The molecule has 0 heterocycles. The Hall–Kier alpha value is 0.170. The number of hydrogen-bond acceptors (Lipinski definition) is 1. The van der Waals surface area contributed by atoms with Gasteiger partial charge >= 0.3 is 0 Å². The molecule has 2 heteroatoms. The van der Waals surface area contributed by atoms with Crippen molar-refractivity contribution in [1.82, 2.24) is 0 Å². The van der Waals surface area contributed by atoms with Crippen LogP contribution in [-0.2, 0) is 0 Å². The molecule has 4 rings (SSSR count). The second-order valence-electron chi connectivity index (χ2n) is 8.40. The molecule has 2 fully saturated rings. The molecule has 4 aliphatic rings. The second-order valence-corrected chi connectivity index (χ2v) is 9.56. The minimum Gasteiger partial charge on any atom is -0.393 e. The molecule has 0 aromatic carbocycles. The minimum atomic E-state index is -0.0798. The van der Waals surface area contributed by atoms with Crippen molar-refractivity contribution in [2.24, 2.45) is 28.6 Å². The molecule has 0 saturated heterocycles. The van der Waals surface area contributed by atoms with Crippen molar-refractivity contribution in [2.45, 2.75) is 64.9 Å². The van der Waals surface area contributed by atoms with Crippen LogP contribution in [0.3, 0.4) is 0 Å². The Morgan fingerprint density at radius 1 is 1.05 bits per heavy atom. The van der Waals surface area contributed by atoms with Crippen molar-refractivity contribution in [3.05, 3.63) is 21.3 Å². The van der Waals surface area contributed by atoms with Crippen LogP contribution in [0.25, 0.3) is 0 Å². The van der Waals surface area contributed by atoms with E-state index >= 15 is 0 Å². The Morgan fingerprint density at radius 3 is 2.62 bits per heavy atom. The number of aliphatic hydroxyl groups excluding tert-OH is 1. The fraction of sp³-hybridized carbons (Fsp3) is 0.789. The summed E-state index contributed by atoms with van der Waals surface area (Å²) in [5.74, 6) is 2.60. The lowest BCUT2D eigenvalue weighted by Gasteiger charge is -2.57. The van der Waals surface area contributed by atoms with Crippen molar-refractivity contribution in [1.29, 1.82) is 0 Å². The SMILES string of the molecule is C[C@]12CCC(O)CC1=CC[C@@H]1[C@@H]2CC[C@]2(C)C(I)=CC[C@@H]12. The predicted octanol–water partition coefficient (Wildman–Crippen LogP) is 5.24. The van der Waals surface area contributed by atoms with Crippen LogP contribution >= 0.6 is 22.6 Å². The Bertz CT molecular complexity index is 522. The molecule has 4 aliphatic carbocycles. The maximum atomic E-state index is 10.0. The molecular formula is C19H27IO. The fourth-order valence-electron chi connectivity index (χ4n) is 6.16. The van der Waals surface area contributed by atoms with Gasteiger partial charge in [0.1, 0.15) is 0 Å². The molecule has 0 aromatic rings. The highest BCUT2D eigenvalue weighted by Crippen LogP contribution is 2.65. The van der Waals surface area contributed by atoms with Gasteiger partial charge in [-0.3, -0.25) is 0 Å². The van der Waals surface area contributed by atoms with E-state index in [1.54, 1.807) is 9.15 Å². The highest BCUT2D eigenvalue weighted by molar-refractivity contribution is 14.1. The Balaban J connectivity index is 1.68. The number of rotatable bonds is 0. The van der Waals surface area contributed by atoms with E-state index in [9.17, 15) is 5.11 Å². The summed E-state index contributed by atoms with van der Waals surface area (Å²) in [5, 5.41) is 10.0. The van der Waals surface area contributed by atoms with Crippen molar-refractivity contribution in [3.63, 3.8) is 0 Å². The molecule has 116 valence electrons. The molecule has 1 N–H and O–H groups in total. The number of aliphatic hydroxyl groups is 1. The van der Waals surface area contributed by atoms with E-state index in [1.807, 2.05) is 0 Å². The standard InChI is InChI=1S/C19H27IO/c1-18-9-7-13(21)11-12(18)3-4-14-15-5-6-17(20)19(15,2)10-8-16(14)18/h3,6,13-16,21H,4-5,7-11H2,1-2H3/t13?,14-,15-,16-,18-,19-/m0/s1. The quantitative estimate of drug-likeness (QED) is 0.437. The second kappa shape index (κ2) is 4.83. The Morgan fingerprint density at radius 2 is 1.81 bits per heavy atom. The van der Waals surface area contributed by atoms with Crippen LogP contribution in [0, 0.1) is 28.6 Å². The van der Waals surface area contributed by atoms with Crippen LogP contribution in [0.4, 0.5) is 0 Å². The first-order chi connectivity index (χ1) is 9.95. The lowest BCUT2D eigenvalue weighted by Crippen LogP contribution is -2.49. The number of hydrogen-bond donors (Lipinski definition) is 1. The van der Waals surface area contributed by atoms with E-state index in [1.165, 1.54) is 32.1 Å². The summed E-state index contributed by atoms with van der Waals surface area (Å²) in [6.45, 7) is 5.03. The molecule has 0 radical (unpaired) electrons. The summed E-state index contributed by atoms with van der Waals surface area (Å²) in [6, 6.07) is 0. The zero-order valence-corrected chi connectivity index (χ0v) is 15.4. The summed E-state index contributed by atoms with van der Waals surface area (Å²) in [4.78, 5) is 0. The van der Waals surface area contributed by atoms with Crippen LogP contribution in [0.5, 0.6) is 0 Å². The van der Waals surface area contributed by atoms with Gasteiger partial charge in [0.2, 0.25) is 0 Å². The number of allylic oxidation sites excluding steroid dienone is 3. The number of fused-ring (bicyclic) bond motifs is 5.